The van der Waals surface area contributed by atoms with E-state index in [1.807, 2.05) is 24.3 Å². The lowest BCUT2D eigenvalue weighted by molar-refractivity contribution is 0.102. The summed E-state index contributed by atoms with van der Waals surface area (Å²) in [6.45, 7) is 4.13. The van der Waals surface area contributed by atoms with E-state index in [4.69, 9.17) is 0 Å². The second-order valence-electron chi connectivity index (χ2n) is 6.73. The lowest BCUT2D eigenvalue weighted by atomic mass is 10.0. The molecule has 0 saturated carbocycles. The Morgan fingerprint density at radius 2 is 1.96 bits per heavy atom. The van der Waals surface area contributed by atoms with Gasteiger partial charge in [-0.05, 0) is 24.0 Å². The number of hydrogen-bond donors (Lipinski definition) is 2. The standard InChI is InChI=1S/C18H22N4O3S/c1-12(2)14-5-3-4-6-15(14)22-18(23)16-9-20-17(10-19-16)21-13-7-8-26(24,25)11-13/h3-6,9-10,12-13H,7-8,11H2,1-2H3,(H,20,21)(H,22,23). The minimum atomic E-state index is -2.96. The highest BCUT2D eigenvalue weighted by atomic mass is 32.2. The predicted molar refractivity (Wildman–Crippen MR) is 101 cm³/mol. The molecule has 1 saturated heterocycles. The second-order valence-corrected chi connectivity index (χ2v) is 8.96. The zero-order chi connectivity index (χ0) is 18.7. The molecule has 7 nitrogen and oxygen atoms in total. The number of amides is 1. The summed E-state index contributed by atoms with van der Waals surface area (Å²) < 4.78 is 23.0. The second kappa shape index (κ2) is 7.41. The van der Waals surface area contributed by atoms with Gasteiger partial charge in [-0.2, -0.15) is 0 Å². The van der Waals surface area contributed by atoms with Crippen LogP contribution in [0.2, 0.25) is 0 Å². The summed E-state index contributed by atoms with van der Waals surface area (Å²) in [6.07, 6.45) is 3.39. The van der Waals surface area contributed by atoms with Gasteiger partial charge in [-0.3, -0.25) is 4.79 Å². The number of aromatic nitrogens is 2. The van der Waals surface area contributed by atoms with Crippen LogP contribution in [0.1, 0.15) is 42.2 Å². The molecule has 2 N–H and O–H groups in total. The third-order valence-electron chi connectivity index (χ3n) is 4.30. The van der Waals surface area contributed by atoms with Gasteiger partial charge in [0.2, 0.25) is 0 Å². The monoisotopic (exact) mass is 374 g/mol. The summed E-state index contributed by atoms with van der Waals surface area (Å²) in [6, 6.07) is 7.49. The molecule has 8 heteroatoms. The van der Waals surface area contributed by atoms with Crippen LogP contribution in [0.3, 0.4) is 0 Å². The van der Waals surface area contributed by atoms with Crippen LogP contribution in [0.4, 0.5) is 11.5 Å². The van der Waals surface area contributed by atoms with E-state index in [0.717, 1.165) is 11.3 Å². The minimum absolute atomic E-state index is 0.100. The van der Waals surface area contributed by atoms with Gasteiger partial charge in [0.05, 0.1) is 23.9 Å². The highest BCUT2D eigenvalue weighted by molar-refractivity contribution is 7.91. The van der Waals surface area contributed by atoms with Crippen molar-refractivity contribution in [1.82, 2.24) is 9.97 Å². The fourth-order valence-corrected chi connectivity index (χ4v) is 4.61. The highest BCUT2D eigenvalue weighted by Crippen LogP contribution is 2.24. The number of nitrogens with one attached hydrogen (secondary N) is 2. The smallest absolute Gasteiger partial charge is 0.275 e. The fourth-order valence-electron chi connectivity index (χ4n) is 2.94. The quantitative estimate of drug-likeness (QED) is 0.834. The van der Waals surface area contributed by atoms with Gasteiger partial charge in [0, 0.05) is 11.7 Å². The Bertz CT molecular complexity index is 895. The van der Waals surface area contributed by atoms with E-state index < -0.39 is 9.84 Å². The number of sulfone groups is 1. The number of benzene rings is 1. The number of anilines is 2. The molecule has 1 aliphatic rings. The van der Waals surface area contributed by atoms with Crippen LogP contribution in [0.5, 0.6) is 0 Å². The van der Waals surface area contributed by atoms with Crippen LogP contribution < -0.4 is 10.6 Å². The summed E-state index contributed by atoms with van der Waals surface area (Å²) in [5, 5.41) is 5.92. The summed E-state index contributed by atoms with van der Waals surface area (Å²) >= 11 is 0. The molecule has 138 valence electrons. The largest absolute Gasteiger partial charge is 0.365 e. The molecule has 1 aromatic carbocycles. The van der Waals surface area contributed by atoms with E-state index in [-0.39, 0.29) is 35.1 Å². The van der Waals surface area contributed by atoms with Crippen molar-refractivity contribution in [3.63, 3.8) is 0 Å². The SMILES string of the molecule is CC(C)c1ccccc1NC(=O)c1cnc(NC2CCS(=O)(=O)C2)cn1. The van der Waals surface area contributed by atoms with Gasteiger partial charge >= 0.3 is 0 Å². The number of carbonyl (C=O) groups excluding carboxylic acids is 1. The predicted octanol–water partition coefficient (Wildman–Crippen LogP) is 2.45. The third kappa shape index (κ3) is 4.37. The Kier molecular flexibility index (Phi) is 5.22. The van der Waals surface area contributed by atoms with Crippen LogP contribution in [-0.2, 0) is 9.84 Å². The van der Waals surface area contributed by atoms with E-state index >= 15 is 0 Å². The maximum Gasteiger partial charge on any atom is 0.275 e. The number of rotatable bonds is 5. The van der Waals surface area contributed by atoms with Gasteiger partial charge < -0.3 is 10.6 Å². The molecule has 3 rings (SSSR count). The zero-order valence-corrected chi connectivity index (χ0v) is 15.6. The Morgan fingerprint density at radius 3 is 2.58 bits per heavy atom. The average Bonchev–Trinajstić information content (AvgIpc) is 2.94. The molecular weight excluding hydrogens is 352 g/mol. The Hall–Kier alpha value is -2.48. The van der Waals surface area contributed by atoms with Gasteiger partial charge in [0.1, 0.15) is 11.5 Å². The highest BCUT2D eigenvalue weighted by Gasteiger charge is 2.28. The summed E-state index contributed by atoms with van der Waals surface area (Å²) in [7, 11) is -2.96. The average molecular weight is 374 g/mol. The normalized spacial score (nSPS) is 18.7. The molecule has 0 bridgehead atoms. The van der Waals surface area contributed by atoms with Gasteiger partial charge in [0.15, 0.2) is 9.84 Å². The molecule has 1 amide bonds. The summed E-state index contributed by atoms with van der Waals surface area (Å²) in [5.41, 5.74) is 2.01. The number of para-hydroxylation sites is 1. The molecule has 26 heavy (non-hydrogen) atoms. The lowest BCUT2D eigenvalue weighted by Crippen LogP contribution is -2.22. The number of carbonyl (C=O) groups is 1. The van der Waals surface area contributed by atoms with E-state index in [0.29, 0.717) is 12.2 Å². The molecule has 2 heterocycles. The van der Waals surface area contributed by atoms with E-state index in [1.54, 1.807) is 0 Å². The van der Waals surface area contributed by atoms with Crippen LogP contribution in [0.25, 0.3) is 0 Å². The number of hydrogen-bond acceptors (Lipinski definition) is 6. The molecule has 2 aromatic rings. The van der Waals surface area contributed by atoms with Crippen LogP contribution in [0.15, 0.2) is 36.7 Å². The Morgan fingerprint density at radius 1 is 1.19 bits per heavy atom. The maximum absolute atomic E-state index is 12.4. The van der Waals surface area contributed by atoms with Gasteiger partial charge in [-0.25, -0.2) is 18.4 Å². The maximum atomic E-state index is 12.4. The first-order valence-electron chi connectivity index (χ1n) is 8.53. The Labute approximate surface area is 153 Å². The van der Waals surface area contributed by atoms with Crippen molar-refractivity contribution < 1.29 is 13.2 Å². The van der Waals surface area contributed by atoms with Crippen molar-refractivity contribution in [2.45, 2.75) is 32.2 Å². The van der Waals surface area contributed by atoms with Crippen LogP contribution >= 0.6 is 0 Å². The van der Waals surface area contributed by atoms with Crippen LogP contribution in [-0.4, -0.2) is 41.8 Å². The van der Waals surface area contributed by atoms with Gasteiger partial charge in [-0.1, -0.05) is 32.0 Å². The zero-order valence-electron chi connectivity index (χ0n) is 14.8. The molecule has 1 unspecified atom stereocenters. The molecule has 1 aliphatic heterocycles. The fraction of sp³-hybridized carbons (Fsp3) is 0.389. The molecule has 1 aromatic heterocycles. The van der Waals surface area contributed by atoms with Crippen molar-refractivity contribution in [3.05, 3.63) is 47.9 Å². The van der Waals surface area contributed by atoms with Crippen molar-refractivity contribution in [3.8, 4) is 0 Å². The molecule has 0 radical (unpaired) electrons. The van der Waals surface area contributed by atoms with Crippen molar-refractivity contribution in [1.29, 1.82) is 0 Å². The molecule has 1 fully saturated rings. The molecule has 1 atom stereocenters. The lowest BCUT2D eigenvalue weighted by Gasteiger charge is -2.14. The summed E-state index contributed by atoms with van der Waals surface area (Å²) in [4.78, 5) is 20.7. The van der Waals surface area contributed by atoms with Gasteiger partial charge in [0.25, 0.3) is 5.91 Å². The molecule has 0 spiro atoms. The first-order chi connectivity index (χ1) is 12.3. The van der Waals surface area contributed by atoms with Crippen LogP contribution in [0, 0.1) is 0 Å². The first kappa shape index (κ1) is 18.3. The molecular formula is C18H22N4O3S. The van der Waals surface area contributed by atoms with E-state index in [1.165, 1.54) is 12.4 Å². The van der Waals surface area contributed by atoms with E-state index in [2.05, 4.69) is 34.4 Å². The molecule has 0 aliphatic carbocycles. The van der Waals surface area contributed by atoms with Crippen molar-refractivity contribution in [2.75, 3.05) is 22.1 Å². The van der Waals surface area contributed by atoms with Gasteiger partial charge in [-0.15, -0.1) is 0 Å². The van der Waals surface area contributed by atoms with Crippen molar-refractivity contribution in [2.24, 2.45) is 0 Å². The summed E-state index contributed by atoms with van der Waals surface area (Å²) in [5.74, 6) is 0.704. The van der Waals surface area contributed by atoms with E-state index in [9.17, 15) is 13.2 Å². The third-order valence-corrected chi connectivity index (χ3v) is 6.07. The Balaban J connectivity index is 1.66. The minimum Gasteiger partial charge on any atom is -0.365 e. The van der Waals surface area contributed by atoms with Crippen molar-refractivity contribution >= 4 is 27.2 Å². The number of nitrogens with zero attached hydrogens (tertiary/aromatic N) is 2. The first-order valence-corrected chi connectivity index (χ1v) is 10.4. The topological polar surface area (TPSA) is 101 Å².